The van der Waals surface area contributed by atoms with Crippen LogP contribution in [0.2, 0.25) is 0 Å². The zero-order valence-electron chi connectivity index (χ0n) is 15.5. The number of imide groups is 1. The van der Waals surface area contributed by atoms with Gasteiger partial charge in [-0.25, -0.2) is 13.6 Å². The van der Waals surface area contributed by atoms with Crippen LogP contribution in [0.4, 0.5) is 32.4 Å². The Bertz CT molecular complexity index is 1080. The predicted molar refractivity (Wildman–Crippen MR) is 101 cm³/mol. The lowest BCUT2D eigenvalue weighted by molar-refractivity contribution is -0.137. The quantitative estimate of drug-likeness (QED) is 0.513. The number of nitrogens with one attached hydrogen (secondary N) is 2. The number of rotatable bonds is 4. The van der Waals surface area contributed by atoms with Gasteiger partial charge in [0.2, 0.25) is 0 Å². The SMILES string of the molecule is O=C(NC(=O)c1c(F)cccc1F)Nc1ccc(Oc2ccc(C(F)(F)F)cc2)cc1. The summed E-state index contributed by atoms with van der Waals surface area (Å²) in [7, 11) is 0. The summed E-state index contributed by atoms with van der Waals surface area (Å²) < 4.78 is 70.3. The number of benzene rings is 3. The highest BCUT2D eigenvalue weighted by Crippen LogP contribution is 2.31. The van der Waals surface area contributed by atoms with Crippen LogP contribution in [0.1, 0.15) is 15.9 Å². The van der Waals surface area contributed by atoms with Gasteiger partial charge >= 0.3 is 12.2 Å². The number of halogens is 5. The van der Waals surface area contributed by atoms with Gasteiger partial charge in [0.05, 0.1) is 5.56 Å². The Kier molecular flexibility index (Phi) is 6.19. The number of urea groups is 1. The van der Waals surface area contributed by atoms with Crippen LogP contribution in [-0.2, 0) is 6.18 Å². The van der Waals surface area contributed by atoms with Gasteiger partial charge in [-0.1, -0.05) is 6.07 Å². The van der Waals surface area contributed by atoms with E-state index in [2.05, 4.69) is 5.32 Å². The molecule has 5 nitrogen and oxygen atoms in total. The van der Waals surface area contributed by atoms with Gasteiger partial charge in [-0.15, -0.1) is 0 Å². The van der Waals surface area contributed by atoms with Gasteiger partial charge in [0, 0.05) is 5.69 Å². The number of ether oxygens (including phenoxy) is 1. The fourth-order valence-electron chi connectivity index (χ4n) is 2.50. The Morgan fingerprint density at radius 1 is 0.774 bits per heavy atom. The molecule has 0 aliphatic carbocycles. The maximum atomic E-state index is 13.6. The number of anilines is 1. The average Bonchev–Trinajstić information content (AvgIpc) is 2.69. The lowest BCUT2D eigenvalue weighted by Gasteiger charge is -2.10. The molecule has 0 fully saturated rings. The summed E-state index contributed by atoms with van der Waals surface area (Å²) in [4.78, 5) is 23.8. The summed E-state index contributed by atoms with van der Waals surface area (Å²) in [6.45, 7) is 0. The lowest BCUT2D eigenvalue weighted by atomic mass is 10.2. The minimum atomic E-state index is -4.45. The first-order valence-electron chi connectivity index (χ1n) is 8.65. The smallest absolute Gasteiger partial charge is 0.416 e. The molecule has 0 saturated carbocycles. The molecular formula is C21H13F5N2O3. The molecule has 3 aromatic carbocycles. The Labute approximate surface area is 172 Å². The third-order valence-electron chi connectivity index (χ3n) is 3.95. The first kappa shape index (κ1) is 21.8. The van der Waals surface area contributed by atoms with Crippen LogP contribution in [0.5, 0.6) is 11.5 Å². The molecular weight excluding hydrogens is 423 g/mol. The van der Waals surface area contributed by atoms with Gasteiger partial charge < -0.3 is 10.1 Å². The van der Waals surface area contributed by atoms with Crippen LogP contribution in [0.25, 0.3) is 0 Å². The molecule has 0 radical (unpaired) electrons. The van der Waals surface area contributed by atoms with Crippen LogP contribution >= 0.6 is 0 Å². The van der Waals surface area contributed by atoms with E-state index in [-0.39, 0.29) is 17.2 Å². The van der Waals surface area contributed by atoms with Gasteiger partial charge in [-0.2, -0.15) is 13.2 Å². The van der Waals surface area contributed by atoms with Crippen molar-refractivity contribution in [1.29, 1.82) is 0 Å². The second kappa shape index (κ2) is 8.82. The molecule has 0 heterocycles. The maximum absolute atomic E-state index is 13.6. The van der Waals surface area contributed by atoms with Crippen molar-refractivity contribution in [2.75, 3.05) is 5.32 Å². The number of amides is 3. The van der Waals surface area contributed by atoms with E-state index in [0.29, 0.717) is 0 Å². The standard InChI is InChI=1S/C21H13F5N2O3/c22-16-2-1-3-17(23)18(16)19(29)28-20(30)27-13-6-10-15(11-7-13)31-14-8-4-12(5-9-14)21(24,25)26/h1-11H,(H2,27,28,29,30). The molecule has 3 aromatic rings. The number of hydrogen-bond acceptors (Lipinski definition) is 3. The predicted octanol–water partition coefficient (Wildman–Crippen LogP) is 5.74. The Morgan fingerprint density at radius 3 is 1.81 bits per heavy atom. The van der Waals surface area contributed by atoms with E-state index in [4.69, 9.17) is 4.74 Å². The molecule has 0 aliphatic rings. The van der Waals surface area contributed by atoms with Gasteiger partial charge in [-0.05, 0) is 60.7 Å². The van der Waals surface area contributed by atoms with E-state index in [1.165, 1.54) is 24.3 Å². The van der Waals surface area contributed by atoms with Crippen molar-refractivity contribution in [3.8, 4) is 11.5 Å². The Hall–Kier alpha value is -3.95. The third-order valence-corrected chi connectivity index (χ3v) is 3.95. The monoisotopic (exact) mass is 436 g/mol. The zero-order chi connectivity index (χ0) is 22.6. The summed E-state index contributed by atoms with van der Waals surface area (Å²) in [6.07, 6.45) is -4.45. The summed E-state index contributed by atoms with van der Waals surface area (Å²) in [5.41, 5.74) is -1.48. The highest BCUT2D eigenvalue weighted by molar-refractivity contribution is 6.08. The van der Waals surface area contributed by atoms with Crippen LogP contribution in [0, 0.1) is 11.6 Å². The van der Waals surface area contributed by atoms with Crippen LogP contribution in [-0.4, -0.2) is 11.9 Å². The molecule has 0 bridgehead atoms. The first-order valence-corrected chi connectivity index (χ1v) is 8.65. The third kappa shape index (κ3) is 5.56. The van der Waals surface area contributed by atoms with Gasteiger partial charge in [0.25, 0.3) is 5.91 Å². The van der Waals surface area contributed by atoms with Crippen molar-refractivity contribution in [2.45, 2.75) is 6.18 Å². The average molecular weight is 436 g/mol. The van der Waals surface area contributed by atoms with E-state index >= 15 is 0 Å². The molecule has 10 heteroatoms. The van der Waals surface area contributed by atoms with Crippen LogP contribution < -0.4 is 15.4 Å². The fourth-order valence-corrected chi connectivity index (χ4v) is 2.50. The molecule has 0 saturated heterocycles. The lowest BCUT2D eigenvalue weighted by Crippen LogP contribution is -2.35. The highest BCUT2D eigenvalue weighted by atomic mass is 19.4. The molecule has 0 unspecified atom stereocenters. The zero-order valence-corrected chi connectivity index (χ0v) is 15.5. The number of hydrogen-bond donors (Lipinski definition) is 2. The summed E-state index contributed by atoms with van der Waals surface area (Å²) >= 11 is 0. The van der Waals surface area contributed by atoms with E-state index in [0.717, 1.165) is 42.5 Å². The molecule has 160 valence electrons. The van der Waals surface area contributed by atoms with Crippen molar-refractivity contribution in [2.24, 2.45) is 0 Å². The van der Waals surface area contributed by atoms with Crippen molar-refractivity contribution >= 4 is 17.6 Å². The maximum Gasteiger partial charge on any atom is 0.416 e. The van der Waals surface area contributed by atoms with E-state index < -0.39 is 40.9 Å². The normalized spacial score (nSPS) is 11.0. The second-order valence-corrected chi connectivity index (χ2v) is 6.15. The molecule has 2 N–H and O–H groups in total. The molecule has 0 atom stereocenters. The molecule has 3 amide bonds. The first-order chi connectivity index (χ1) is 14.6. The second-order valence-electron chi connectivity index (χ2n) is 6.15. The molecule has 0 aliphatic heterocycles. The van der Waals surface area contributed by atoms with Crippen molar-refractivity contribution in [1.82, 2.24) is 5.32 Å². The topological polar surface area (TPSA) is 67.4 Å². The number of carbonyl (C=O) groups is 2. The van der Waals surface area contributed by atoms with E-state index in [1.54, 1.807) is 5.32 Å². The van der Waals surface area contributed by atoms with Crippen molar-refractivity contribution < 1.29 is 36.3 Å². The summed E-state index contributed by atoms with van der Waals surface area (Å²) in [6, 6.07) is 11.5. The van der Waals surface area contributed by atoms with E-state index in [9.17, 15) is 31.5 Å². The summed E-state index contributed by atoms with van der Waals surface area (Å²) in [5, 5.41) is 4.11. The Morgan fingerprint density at radius 2 is 1.29 bits per heavy atom. The minimum absolute atomic E-state index is 0.170. The van der Waals surface area contributed by atoms with Crippen molar-refractivity contribution in [3.63, 3.8) is 0 Å². The molecule has 31 heavy (non-hydrogen) atoms. The van der Waals surface area contributed by atoms with E-state index in [1.807, 2.05) is 0 Å². The Balaban J connectivity index is 1.59. The van der Waals surface area contributed by atoms with Crippen molar-refractivity contribution in [3.05, 3.63) is 89.5 Å². The largest absolute Gasteiger partial charge is 0.457 e. The molecule has 0 aromatic heterocycles. The van der Waals surface area contributed by atoms with Gasteiger partial charge in [-0.3, -0.25) is 10.1 Å². The number of carbonyl (C=O) groups excluding carboxylic acids is 2. The highest BCUT2D eigenvalue weighted by Gasteiger charge is 2.30. The van der Waals surface area contributed by atoms with Gasteiger partial charge in [0.1, 0.15) is 28.7 Å². The number of alkyl halides is 3. The fraction of sp³-hybridized carbons (Fsp3) is 0.0476. The minimum Gasteiger partial charge on any atom is -0.457 e. The van der Waals surface area contributed by atoms with Gasteiger partial charge in [0.15, 0.2) is 0 Å². The molecule has 0 spiro atoms. The van der Waals surface area contributed by atoms with Crippen LogP contribution in [0.15, 0.2) is 66.7 Å². The molecule has 3 rings (SSSR count). The summed E-state index contributed by atoms with van der Waals surface area (Å²) in [5.74, 6) is -3.04. The van der Waals surface area contributed by atoms with Crippen LogP contribution in [0.3, 0.4) is 0 Å².